The van der Waals surface area contributed by atoms with Crippen molar-refractivity contribution in [2.24, 2.45) is 0 Å². The molecule has 1 N–H and O–H groups in total. The topological polar surface area (TPSA) is 63.7 Å². The summed E-state index contributed by atoms with van der Waals surface area (Å²) in [5.74, 6) is 1.75. The first-order chi connectivity index (χ1) is 15.6. The van der Waals surface area contributed by atoms with Gasteiger partial charge < -0.3 is 14.8 Å². The van der Waals surface area contributed by atoms with Gasteiger partial charge in [-0.3, -0.25) is 9.69 Å². The van der Waals surface area contributed by atoms with Crippen molar-refractivity contribution < 1.29 is 14.3 Å². The molecular weight excluding hydrogens is 422 g/mol. The zero-order valence-corrected chi connectivity index (χ0v) is 19.4. The first-order valence-corrected chi connectivity index (χ1v) is 11.8. The molecule has 1 aliphatic rings. The maximum absolute atomic E-state index is 12.5. The van der Waals surface area contributed by atoms with Crippen LogP contribution in [0, 0.1) is 0 Å². The fourth-order valence-corrected chi connectivity index (χ4v) is 4.58. The highest BCUT2D eigenvalue weighted by atomic mass is 32.1. The van der Waals surface area contributed by atoms with Gasteiger partial charge in [0.1, 0.15) is 22.6 Å². The minimum absolute atomic E-state index is 0.0309. The monoisotopic (exact) mass is 451 g/mol. The first kappa shape index (κ1) is 22.3. The predicted molar refractivity (Wildman–Crippen MR) is 127 cm³/mol. The highest BCUT2D eigenvalue weighted by molar-refractivity contribution is 7.13. The van der Waals surface area contributed by atoms with E-state index >= 15 is 0 Å². The van der Waals surface area contributed by atoms with Crippen LogP contribution in [0.2, 0.25) is 0 Å². The lowest BCUT2D eigenvalue weighted by molar-refractivity contribution is -0.121. The molecule has 168 valence electrons. The maximum atomic E-state index is 12.5. The molecule has 0 spiro atoms. The van der Waals surface area contributed by atoms with E-state index in [9.17, 15) is 4.79 Å². The van der Waals surface area contributed by atoms with Crippen molar-refractivity contribution in [3.63, 3.8) is 0 Å². The highest BCUT2D eigenvalue weighted by Crippen LogP contribution is 2.29. The van der Waals surface area contributed by atoms with Gasteiger partial charge in [-0.15, -0.1) is 11.3 Å². The standard InChI is InChI=1S/C25H29N3O3S/c1-3-21-16-28(15-19-13-22(30-2)9-10-23(19)31-21)12-11-24(29)26-14-20-17-32-25(27-20)18-7-5-4-6-8-18/h4-10,13,17,21H,3,11-12,14-16H2,1-2H3,(H,26,29). The fraction of sp³-hybridized carbons (Fsp3) is 0.360. The molecule has 32 heavy (non-hydrogen) atoms. The zero-order valence-electron chi connectivity index (χ0n) is 18.5. The average molecular weight is 452 g/mol. The van der Waals surface area contributed by atoms with Crippen LogP contribution in [0.4, 0.5) is 0 Å². The summed E-state index contributed by atoms with van der Waals surface area (Å²) in [6.07, 6.45) is 1.46. The third kappa shape index (κ3) is 5.66. The summed E-state index contributed by atoms with van der Waals surface area (Å²) in [7, 11) is 1.67. The predicted octanol–water partition coefficient (Wildman–Crippen LogP) is 4.50. The normalized spacial score (nSPS) is 16.0. The number of nitrogens with one attached hydrogen (secondary N) is 1. The van der Waals surface area contributed by atoms with Gasteiger partial charge in [-0.2, -0.15) is 0 Å². The Bertz CT molecular complexity index is 1040. The van der Waals surface area contributed by atoms with E-state index in [0.29, 0.717) is 19.5 Å². The van der Waals surface area contributed by atoms with Gasteiger partial charge in [-0.25, -0.2) is 4.98 Å². The average Bonchev–Trinajstić information content (AvgIpc) is 3.23. The molecule has 0 aliphatic carbocycles. The molecule has 1 amide bonds. The Labute approximate surface area is 193 Å². The van der Waals surface area contributed by atoms with Crippen LogP contribution >= 0.6 is 11.3 Å². The minimum Gasteiger partial charge on any atom is -0.497 e. The van der Waals surface area contributed by atoms with Gasteiger partial charge in [-0.05, 0) is 24.6 Å². The van der Waals surface area contributed by atoms with Gasteiger partial charge in [-0.1, -0.05) is 37.3 Å². The Hall–Kier alpha value is -2.90. The molecule has 2 heterocycles. The van der Waals surface area contributed by atoms with Crippen molar-refractivity contribution in [1.29, 1.82) is 0 Å². The summed E-state index contributed by atoms with van der Waals surface area (Å²) in [6, 6.07) is 16.0. The quantitative estimate of drug-likeness (QED) is 0.546. The van der Waals surface area contributed by atoms with Crippen molar-refractivity contribution in [1.82, 2.24) is 15.2 Å². The lowest BCUT2D eigenvalue weighted by atomic mass is 10.1. The number of rotatable bonds is 8. The van der Waals surface area contributed by atoms with Crippen LogP contribution in [-0.2, 0) is 17.9 Å². The van der Waals surface area contributed by atoms with E-state index in [1.807, 2.05) is 53.9 Å². The third-order valence-corrected chi connectivity index (χ3v) is 6.51. The number of fused-ring (bicyclic) bond motifs is 1. The molecule has 1 aromatic heterocycles. The molecular formula is C25H29N3O3S. The molecule has 0 radical (unpaired) electrons. The maximum Gasteiger partial charge on any atom is 0.221 e. The molecule has 0 saturated heterocycles. The van der Waals surface area contributed by atoms with E-state index in [1.165, 1.54) is 0 Å². The number of hydrogen-bond donors (Lipinski definition) is 1. The molecule has 1 unspecified atom stereocenters. The number of carbonyl (C=O) groups is 1. The summed E-state index contributed by atoms with van der Waals surface area (Å²) in [4.78, 5) is 19.4. The smallest absolute Gasteiger partial charge is 0.221 e. The van der Waals surface area contributed by atoms with Crippen LogP contribution in [0.3, 0.4) is 0 Å². The van der Waals surface area contributed by atoms with Gasteiger partial charge in [0.25, 0.3) is 0 Å². The van der Waals surface area contributed by atoms with E-state index in [-0.39, 0.29) is 12.0 Å². The van der Waals surface area contributed by atoms with Crippen LogP contribution < -0.4 is 14.8 Å². The van der Waals surface area contributed by atoms with Crippen molar-refractivity contribution >= 4 is 17.2 Å². The summed E-state index contributed by atoms with van der Waals surface area (Å²) < 4.78 is 11.6. The Kier molecular flexibility index (Phi) is 7.39. The second-order valence-corrected chi connectivity index (χ2v) is 8.75. The largest absolute Gasteiger partial charge is 0.497 e. The van der Waals surface area contributed by atoms with E-state index in [0.717, 1.165) is 52.8 Å². The Morgan fingerprint density at radius 1 is 1.28 bits per heavy atom. The summed E-state index contributed by atoms with van der Waals surface area (Å²) in [5.41, 5.74) is 3.08. The molecule has 0 saturated carbocycles. The van der Waals surface area contributed by atoms with E-state index in [1.54, 1.807) is 18.4 Å². The Balaban J connectivity index is 1.30. The van der Waals surface area contributed by atoms with Gasteiger partial charge in [0.05, 0.1) is 19.3 Å². The minimum atomic E-state index is 0.0309. The number of thiazole rings is 1. The third-order valence-electron chi connectivity index (χ3n) is 5.57. The number of benzene rings is 2. The molecule has 1 aliphatic heterocycles. The molecule has 6 nitrogen and oxygen atoms in total. The van der Waals surface area contributed by atoms with Crippen molar-refractivity contribution in [3.8, 4) is 22.1 Å². The first-order valence-electron chi connectivity index (χ1n) is 11.0. The highest BCUT2D eigenvalue weighted by Gasteiger charge is 2.22. The van der Waals surface area contributed by atoms with E-state index < -0.39 is 0 Å². The zero-order chi connectivity index (χ0) is 22.3. The molecule has 3 aromatic rings. The van der Waals surface area contributed by atoms with Crippen LogP contribution in [-0.4, -0.2) is 42.1 Å². The second kappa shape index (κ2) is 10.6. The Morgan fingerprint density at radius 3 is 2.91 bits per heavy atom. The number of carbonyl (C=O) groups excluding carboxylic acids is 1. The molecule has 2 aromatic carbocycles. The molecule has 0 fully saturated rings. The number of nitrogens with zero attached hydrogens (tertiary/aromatic N) is 2. The number of aromatic nitrogens is 1. The van der Waals surface area contributed by atoms with Crippen molar-refractivity contribution in [2.45, 2.75) is 39.0 Å². The lowest BCUT2D eigenvalue weighted by Crippen LogP contribution is -2.35. The van der Waals surface area contributed by atoms with Gasteiger partial charge in [0.2, 0.25) is 5.91 Å². The Morgan fingerprint density at radius 2 is 2.12 bits per heavy atom. The van der Waals surface area contributed by atoms with Gasteiger partial charge in [0.15, 0.2) is 0 Å². The van der Waals surface area contributed by atoms with Crippen molar-refractivity contribution in [3.05, 3.63) is 65.2 Å². The molecule has 1 atom stereocenters. The van der Waals surface area contributed by atoms with E-state index in [4.69, 9.17) is 9.47 Å². The van der Waals surface area contributed by atoms with Gasteiger partial charge in [0, 0.05) is 42.6 Å². The summed E-state index contributed by atoms with van der Waals surface area (Å²) in [5, 5.41) is 5.99. The number of methoxy groups -OCH3 is 1. The summed E-state index contributed by atoms with van der Waals surface area (Å²) in [6.45, 7) is 4.79. The van der Waals surface area contributed by atoms with Crippen LogP contribution in [0.25, 0.3) is 10.6 Å². The number of amides is 1. The van der Waals surface area contributed by atoms with Crippen LogP contribution in [0.1, 0.15) is 31.0 Å². The number of ether oxygens (including phenoxy) is 2. The van der Waals surface area contributed by atoms with Crippen LogP contribution in [0.15, 0.2) is 53.9 Å². The molecule has 4 rings (SSSR count). The second-order valence-electron chi connectivity index (χ2n) is 7.89. The number of hydrogen-bond acceptors (Lipinski definition) is 6. The molecule has 0 bridgehead atoms. The lowest BCUT2D eigenvalue weighted by Gasteiger charge is -2.22. The SMILES string of the molecule is CCC1CN(CCC(=O)NCc2csc(-c3ccccc3)n2)Cc2cc(OC)ccc2O1. The van der Waals surface area contributed by atoms with Gasteiger partial charge >= 0.3 is 0 Å². The fourth-order valence-electron chi connectivity index (χ4n) is 3.75. The van der Waals surface area contributed by atoms with Crippen molar-refractivity contribution in [2.75, 3.05) is 20.2 Å². The van der Waals surface area contributed by atoms with E-state index in [2.05, 4.69) is 22.1 Å². The van der Waals surface area contributed by atoms with Crippen LogP contribution in [0.5, 0.6) is 11.5 Å². The molecule has 7 heteroatoms. The summed E-state index contributed by atoms with van der Waals surface area (Å²) >= 11 is 1.60.